The van der Waals surface area contributed by atoms with Gasteiger partial charge in [-0.25, -0.2) is 15.0 Å². The van der Waals surface area contributed by atoms with Crippen LogP contribution in [-0.2, 0) is 0 Å². The largest absolute Gasteiger partial charge is 0.326 e. The van der Waals surface area contributed by atoms with Crippen LogP contribution in [0.3, 0.4) is 0 Å². The van der Waals surface area contributed by atoms with Crippen molar-refractivity contribution < 1.29 is 28.8 Å². The van der Waals surface area contributed by atoms with E-state index in [0.717, 1.165) is 16.7 Å². The van der Waals surface area contributed by atoms with Gasteiger partial charge in [-0.05, 0) is 78.1 Å². The highest BCUT2D eigenvalue weighted by atomic mass is 16.2. The van der Waals surface area contributed by atoms with Crippen LogP contribution >= 0.6 is 0 Å². The summed E-state index contributed by atoms with van der Waals surface area (Å²) in [6.45, 7) is 20.1. The summed E-state index contributed by atoms with van der Waals surface area (Å²) in [7, 11) is 0. The smallest absolute Gasteiger partial charge is 0.273 e. The average molecular weight is 1060 g/mol. The maximum absolute atomic E-state index is 15.4. The van der Waals surface area contributed by atoms with Crippen LogP contribution < -0.4 is 0 Å². The molecule has 0 N–H and O–H groups in total. The number of piperazine rings is 3. The third-order valence-corrected chi connectivity index (χ3v) is 15.6. The maximum atomic E-state index is 15.4. The molecule has 80 heavy (non-hydrogen) atoms. The second-order valence-electron chi connectivity index (χ2n) is 20.2. The van der Waals surface area contributed by atoms with Gasteiger partial charge in [-0.15, -0.1) is 0 Å². The standard InChI is InChI=1S/C65H61N9O6/c1-7-23-44(10-4)56-38-74-59(47-28-18-13-19-29-47)41-72(56)63(78)51-33-21-31-49(67-51)61(76)70-36-54(42(5)6)69(39-57(70)45-24-14-11-15-25-45)60(75)48-30-20-34-52(66-48)64(79)73-37-55(43(8-2)9-3)71(40-58(73)46-26-16-12-17-27-46)62(77)50-32-22-35-53(68-50)65(74)80/h7-35,54-59H,1-2,4-5,36-41H2,3,6H3/b43-9+,44-23+/t54-,55-,56-,57-,58-,59-/m0/s1. The first kappa shape index (κ1) is 53.8. The van der Waals surface area contributed by atoms with E-state index in [4.69, 9.17) is 15.0 Å². The van der Waals surface area contributed by atoms with Crippen LogP contribution in [0.25, 0.3) is 0 Å². The number of nitrogens with zero attached hydrogens (tertiary/aromatic N) is 9. The quantitative estimate of drug-likeness (QED) is 0.102. The minimum Gasteiger partial charge on any atom is -0.326 e. The van der Waals surface area contributed by atoms with Gasteiger partial charge < -0.3 is 29.4 Å². The summed E-state index contributed by atoms with van der Waals surface area (Å²) in [5.74, 6) is -2.88. The molecule has 15 rings (SSSR count). The molecule has 6 aromatic rings. The number of rotatable bonds is 9. The SMILES string of the molecule is C=C/C=C(\C=C)[C@@H]1CN2C(=O)c3cccc(n3)C(=O)N3C[C@@H](c4ccccc4)N(C[C@H]3/C(C=C)=C/C)C(=O)c3cccc(n3)C(=O)N3C[C@@H](c4ccccc4)N(C[C@H]3C(=C)C)C(=O)c3cccc(n3)C(=O)N1C[C@H]2c1ccccc1. The maximum Gasteiger partial charge on any atom is 0.273 e. The molecule has 15 heteroatoms. The first-order valence-electron chi connectivity index (χ1n) is 26.6. The van der Waals surface area contributed by atoms with E-state index in [1.807, 2.05) is 104 Å². The van der Waals surface area contributed by atoms with E-state index in [1.165, 1.54) is 0 Å². The van der Waals surface area contributed by atoms with Gasteiger partial charge in [0.1, 0.15) is 34.2 Å². The lowest BCUT2D eigenvalue weighted by atomic mass is 9.93. The molecule has 6 amide bonds. The Morgan fingerprint density at radius 1 is 0.400 bits per heavy atom. The van der Waals surface area contributed by atoms with Crippen molar-refractivity contribution in [3.8, 4) is 0 Å². The molecule has 0 unspecified atom stereocenters. The predicted molar refractivity (Wildman–Crippen MR) is 305 cm³/mol. The lowest BCUT2D eigenvalue weighted by Crippen LogP contribution is -2.59. The van der Waals surface area contributed by atoms with Crippen LogP contribution in [0, 0.1) is 0 Å². The minimum absolute atomic E-state index is 0.000649. The normalized spacial score (nSPS) is 22.2. The van der Waals surface area contributed by atoms with Crippen molar-refractivity contribution in [2.24, 2.45) is 0 Å². The topological polar surface area (TPSA) is 161 Å². The van der Waals surface area contributed by atoms with Gasteiger partial charge >= 0.3 is 0 Å². The Hall–Kier alpha value is -9.63. The fraction of sp³-hybridized carbons (Fsp3) is 0.215. The van der Waals surface area contributed by atoms with Crippen LogP contribution in [0.5, 0.6) is 0 Å². The van der Waals surface area contributed by atoms with Crippen LogP contribution in [0.15, 0.2) is 219 Å². The third-order valence-electron chi connectivity index (χ3n) is 15.6. The number of hydrogen-bond acceptors (Lipinski definition) is 9. The number of carbonyl (C=O) groups is 6. The first-order valence-corrected chi connectivity index (χ1v) is 26.6. The molecule has 3 fully saturated rings. The third kappa shape index (κ3) is 10.3. The van der Waals surface area contributed by atoms with Crippen molar-refractivity contribution in [1.82, 2.24) is 44.4 Å². The zero-order valence-electron chi connectivity index (χ0n) is 44.8. The fourth-order valence-corrected chi connectivity index (χ4v) is 11.5. The molecule has 6 atom stereocenters. The van der Waals surface area contributed by atoms with E-state index < -0.39 is 71.7 Å². The van der Waals surface area contributed by atoms with Gasteiger partial charge in [-0.3, -0.25) is 28.8 Å². The highest BCUT2D eigenvalue weighted by Crippen LogP contribution is 2.37. The highest BCUT2D eigenvalue weighted by Gasteiger charge is 2.46. The second-order valence-corrected chi connectivity index (χ2v) is 20.2. The van der Waals surface area contributed by atoms with Crippen molar-refractivity contribution in [3.05, 3.63) is 270 Å². The van der Waals surface area contributed by atoms with Crippen LogP contribution in [0.2, 0.25) is 0 Å². The number of aromatic nitrogens is 3. The Morgan fingerprint density at radius 3 is 0.975 bits per heavy atom. The van der Waals surface area contributed by atoms with E-state index in [1.54, 1.807) is 115 Å². The Bertz CT molecular complexity index is 3510. The van der Waals surface area contributed by atoms with E-state index in [9.17, 15) is 0 Å². The number of benzene rings is 3. The number of carbonyl (C=O) groups excluding carboxylic acids is 6. The van der Waals surface area contributed by atoms with Crippen molar-refractivity contribution >= 4 is 35.4 Å². The molecule has 12 bridgehead atoms. The molecule has 402 valence electrons. The Balaban J connectivity index is 1.16. The van der Waals surface area contributed by atoms with Gasteiger partial charge in [0, 0.05) is 39.3 Å². The number of pyridine rings is 3. The van der Waals surface area contributed by atoms with Crippen LogP contribution in [0.1, 0.15) is 112 Å². The molecule has 0 aliphatic carbocycles. The Kier molecular flexibility index (Phi) is 15.6. The summed E-state index contributed by atoms with van der Waals surface area (Å²) in [5.41, 5.74) is 4.12. The van der Waals surface area contributed by atoms with Gasteiger partial charge in [-0.1, -0.05) is 171 Å². The van der Waals surface area contributed by atoms with Crippen molar-refractivity contribution in [1.29, 1.82) is 0 Å². The van der Waals surface area contributed by atoms with Crippen molar-refractivity contribution in [2.45, 2.75) is 50.1 Å². The zero-order valence-corrected chi connectivity index (χ0v) is 44.8. The molecule has 0 spiro atoms. The molecule has 3 aromatic carbocycles. The van der Waals surface area contributed by atoms with Crippen LogP contribution in [-0.4, -0.2) is 137 Å². The Morgan fingerprint density at radius 2 is 0.688 bits per heavy atom. The van der Waals surface area contributed by atoms with Crippen LogP contribution in [0.4, 0.5) is 0 Å². The molecular formula is C65H61N9O6. The summed E-state index contributed by atoms with van der Waals surface area (Å²) < 4.78 is 0. The van der Waals surface area contributed by atoms with E-state index in [0.29, 0.717) is 16.7 Å². The molecule has 0 radical (unpaired) electrons. The summed E-state index contributed by atoms with van der Waals surface area (Å²) in [6.07, 6.45) is 8.46. The predicted octanol–water partition coefficient (Wildman–Crippen LogP) is 9.32. The van der Waals surface area contributed by atoms with Crippen molar-refractivity contribution in [3.63, 3.8) is 0 Å². The first-order chi connectivity index (χ1) is 38.8. The fourth-order valence-electron chi connectivity index (χ4n) is 11.5. The van der Waals surface area contributed by atoms with Gasteiger partial charge in [0.15, 0.2) is 0 Å². The lowest BCUT2D eigenvalue weighted by molar-refractivity contribution is 0.0249. The Labute approximate surface area is 465 Å². The summed E-state index contributed by atoms with van der Waals surface area (Å²) >= 11 is 0. The molecule has 3 aromatic heterocycles. The molecule has 15 nitrogen and oxygen atoms in total. The van der Waals surface area contributed by atoms with Gasteiger partial charge in [0.25, 0.3) is 35.4 Å². The molecule has 9 aliphatic rings. The minimum atomic E-state index is -0.789. The van der Waals surface area contributed by atoms with Gasteiger partial charge in [-0.2, -0.15) is 0 Å². The van der Waals surface area contributed by atoms with E-state index in [-0.39, 0.29) is 73.4 Å². The summed E-state index contributed by atoms with van der Waals surface area (Å²) in [4.78, 5) is 116. The highest BCUT2D eigenvalue weighted by molar-refractivity contribution is 6.00. The van der Waals surface area contributed by atoms with Gasteiger partial charge in [0.2, 0.25) is 0 Å². The van der Waals surface area contributed by atoms with E-state index >= 15 is 28.8 Å². The second kappa shape index (κ2) is 23.1. The monoisotopic (exact) mass is 1060 g/mol. The zero-order chi connectivity index (χ0) is 56.2. The number of amides is 6. The average Bonchev–Trinajstić information content (AvgIpc) is 3.69. The molecule has 12 heterocycles. The number of hydrogen-bond donors (Lipinski definition) is 0. The van der Waals surface area contributed by atoms with Crippen molar-refractivity contribution in [2.75, 3.05) is 39.3 Å². The van der Waals surface area contributed by atoms with Gasteiger partial charge in [0.05, 0.1) is 36.3 Å². The van der Waals surface area contributed by atoms with E-state index in [2.05, 4.69) is 26.3 Å². The molecule has 0 saturated carbocycles. The lowest BCUT2D eigenvalue weighted by Gasteiger charge is -2.47. The summed E-state index contributed by atoms with van der Waals surface area (Å²) in [5, 5.41) is 0. The number of allylic oxidation sites excluding steroid dienone is 3. The molecular weight excluding hydrogens is 1000 g/mol. The molecule has 9 aliphatic heterocycles. The molecule has 3 saturated heterocycles. The summed E-state index contributed by atoms with van der Waals surface area (Å²) in [6, 6.07) is 38.1.